The molecule has 3 nitrogen and oxygen atoms in total. The monoisotopic (exact) mass is 259 g/mol. The number of pyridine rings is 1. The molecule has 0 atom stereocenters. The molecule has 0 aliphatic rings. The molecule has 19 heavy (non-hydrogen) atoms. The van der Waals surface area contributed by atoms with E-state index < -0.39 is 0 Å². The molecular formula is C15H18FN3. The Morgan fingerprint density at radius 2 is 1.95 bits per heavy atom. The Bertz CT molecular complexity index is 525. The lowest BCUT2D eigenvalue weighted by Gasteiger charge is -2.16. The van der Waals surface area contributed by atoms with Crippen molar-refractivity contribution < 1.29 is 4.39 Å². The summed E-state index contributed by atoms with van der Waals surface area (Å²) in [5.41, 5.74) is 8.19. The number of hydrogen-bond acceptors (Lipinski definition) is 3. The topological polar surface area (TPSA) is 42.1 Å². The minimum absolute atomic E-state index is 0.166. The molecule has 0 unspecified atom stereocenters. The van der Waals surface area contributed by atoms with Crippen molar-refractivity contribution in [2.45, 2.75) is 19.6 Å². The predicted octanol–water partition coefficient (Wildman–Crippen LogP) is 2.31. The van der Waals surface area contributed by atoms with Crippen LogP contribution < -0.4 is 5.73 Å². The first-order valence-corrected chi connectivity index (χ1v) is 6.25. The highest BCUT2D eigenvalue weighted by molar-refractivity contribution is 5.17. The van der Waals surface area contributed by atoms with Crippen molar-refractivity contribution in [3.05, 3.63) is 65.2 Å². The standard InChI is InChI=1S/C15H18FN3/c1-19(10-13-4-2-3-5-15(13)16)11-14-7-6-12(8-17)9-18-14/h2-7,9H,8,10-11,17H2,1H3. The van der Waals surface area contributed by atoms with Gasteiger partial charge in [0, 0.05) is 31.4 Å². The Morgan fingerprint density at radius 1 is 1.16 bits per heavy atom. The molecule has 0 saturated carbocycles. The van der Waals surface area contributed by atoms with Crippen LogP contribution in [0.3, 0.4) is 0 Å². The van der Waals surface area contributed by atoms with Crippen LogP contribution >= 0.6 is 0 Å². The molecule has 0 aliphatic heterocycles. The van der Waals surface area contributed by atoms with Gasteiger partial charge in [0.2, 0.25) is 0 Å². The van der Waals surface area contributed by atoms with Gasteiger partial charge in [0.25, 0.3) is 0 Å². The zero-order valence-corrected chi connectivity index (χ0v) is 11.0. The number of benzene rings is 1. The highest BCUT2D eigenvalue weighted by Crippen LogP contribution is 2.10. The van der Waals surface area contributed by atoms with Gasteiger partial charge in [0.1, 0.15) is 5.82 Å². The molecule has 0 aliphatic carbocycles. The number of rotatable bonds is 5. The predicted molar refractivity (Wildman–Crippen MR) is 73.7 cm³/mol. The van der Waals surface area contributed by atoms with Gasteiger partial charge in [-0.3, -0.25) is 9.88 Å². The van der Waals surface area contributed by atoms with Crippen LogP contribution in [0.4, 0.5) is 4.39 Å². The molecule has 1 heterocycles. The number of hydrogen-bond donors (Lipinski definition) is 1. The molecule has 0 spiro atoms. The maximum absolute atomic E-state index is 13.5. The maximum Gasteiger partial charge on any atom is 0.127 e. The van der Waals surface area contributed by atoms with E-state index in [0.29, 0.717) is 25.2 Å². The third-order valence-corrected chi connectivity index (χ3v) is 2.95. The fraction of sp³-hybridized carbons (Fsp3) is 0.267. The van der Waals surface area contributed by atoms with E-state index in [2.05, 4.69) is 4.98 Å². The lowest BCUT2D eigenvalue weighted by Crippen LogP contribution is -2.18. The highest BCUT2D eigenvalue weighted by Gasteiger charge is 2.06. The summed E-state index contributed by atoms with van der Waals surface area (Å²) in [5.74, 6) is -0.166. The maximum atomic E-state index is 13.5. The summed E-state index contributed by atoms with van der Waals surface area (Å²) in [4.78, 5) is 6.37. The Morgan fingerprint density at radius 3 is 2.58 bits per heavy atom. The van der Waals surface area contributed by atoms with Gasteiger partial charge in [0.15, 0.2) is 0 Å². The van der Waals surface area contributed by atoms with E-state index >= 15 is 0 Å². The Hall–Kier alpha value is -1.78. The summed E-state index contributed by atoms with van der Waals surface area (Å²) in [5, 5.41) is 0. The fourth-order valence-corrected chi connectivity index (χ4v) is 1.92. The van der Waals surface area contributed by atoms with Crippen LogP contribution in [0, 0.1) is 5.82 Å². The average Bonchev–Trinajstić information content (AvgIpc) is 2.42. The van der Waals surface area contributed by atoms with Gasteiger partial charge < -0.3 is 5.73 Å². The molecule has 0 amide bonds. The van der Waals surface area contributed by atoms with Gasteiger partial charge in [0.05, 0.1) is 5.69 Å². The van der Waals surface area contributed by atoms with E-state index in [1.54, 1.807) is 18.3 Å². The number of halogens is 1. The number of aromatic nitrogens is 1. The largest absolute Gasteiger partial charge is 0.326 e. The summed E-state index contributed by atoms with van der Waals surface area (Å²) >= 11 is 0. The molecule has 100 valence electrons. The first-order chi connectivity index (χ1) is 9.19. The number of nitrogens with zero attached hydrogens (tertiary/aromatic N) is 2. The quantitative estimate of drug-likeness (QED) is 0.896. The Balaban J connectivity index is 1.97. The summed E-state index contributed by atoms with van der Waals surface area (Å²) < 4.78 is 13.5. The van der Waals surface area contributed by atoms with E-state index in [9.17, 15) is 4.39 Å². The molecule has 0 bridgehead atoms. The van der Waals surface area contributed by atoms with Crippen LogP contribution in [0.25, 0.3) is 0 Å². The highest BCUT2D eigenvalue weighted by atomic mass is 19.1. The molecule has 4 heteroatoms. The van der Waals surface area contributed by atoms with Crippen LogP contribution in [0.15, 0.2) is 42.6 Å². The third-order valence-electron chi connectivity index (χ3n) is 2.95. The van der Waals surface area contributed by atoms with Crippen molar-refractivity contribution in [3.8, 4) is 0 Å². The summed E-state index contributed by atoms with van der Waals surface area (Å²) in [6.45, 7) is 1.74. The normalized spacial score (nSPS) is 10.9. The van der Waals surface area contributed by atoms with Gasteiger partial charge in [-0.1, -0.05) is 24.3 Å². The molecule has 2 rings (SSSR count). The second-order valence-electron chi connectivity index (χ2n) is 4.63. The van der Waals surface area contributed by atoms with Crippen LogP contribution in [0.5, 0.6) is 0 Å². The van der Waals surface area contributed by atoms with Crippen molar-refractivity contribution in [1.82, 2.24) is 9.88 Å². The first-order valence-electron chi connectivity index (χ1n) is 6.25. The smallest absolute Gasteiger partial charge is 0.127 e. The Kier molecular flexibility index (Phi) is 4.60. The molecule has 0 saturated heterocycles. The van der Waals surface area contributed by atoms with E-state index in [4.69, 9.17) is 5.73 Å². The van der Waals surface area contributed by atoms with Crippen LogP contribution in [0.1, 0.15) is 16.8 Å². The summed E-state index contributed by atoms with van der Waals surface area (Å²) in [6, 6.07) is 10.8. The molecule has 1 aromatic carbocycles. The Labute approximate surface area is 112 Å². The van der Waals surface area contributed by atoms with Gasteiger partial charge >= 0.3 is 0 Å². The minimum atomic E-state index is -0.166. The van der Waals surface area contributed by atoms with Crippen molar-refractivity contribution in [2.75, 3.05) is 7.05 Å². The molecule has 1 aromatic heterocycles. The number of nitrogens with two attached hydrogens (primary N) is 1. The van der Waals surface area contributed by atoms with E-state index in [-0.39, 0.29) is 5.82 Å². The zero-order chi connectivity index (χ0) is 13.7. The SMILES string of the molecule is CN(Cc1ccc(CN)cn1)Cc1ccccc1F. The lowest BCUT2D eigenvalue weighted by molar-refractivity contribution is 0.310. The molecule has 2 N–H and O–H groups in total. The lowest BCUT2D eigenvalue weighted by atomic mass is 10.2. The second-order valence-corrected chi connectivity index (χ2v) is 4.63. The van der Waals surface area contributed by atoms with E-state index in [1.165, 1.54) is 6.07 Å². The minimum Gasteiger partial charge on any atom is -0.326 e. The van der Waals surface area contributed by atoms with Crippen LogP contribution in [-0.4, -0.2) is 16.9 Å². The second kappa shape index (κ2) is 6.41. The van der Waals surface area contributed by atoms with Crippen LogP contribution in [0.2, 0.25) is 0 Å². The summed E-state index contributed by atoms with van der Waals surface area (Å²) in [7, 11) is 1.95. The molecule has 0 radical (unpaired) electrons. The zero-order valence-electron chi connectivity index (χ0n) is 11.0. The van der Waals surface area contributed by atoms with Gasteiger partial charge in [-0.15, -0.1) is 0 Å². The molecule has 2 aromatic rings. The molecule has 0 fully saturated rings. The van der Waals surface area contributed by atoms with Gasteiger partial charge in [-0.05, 0) is 24.7 Å². The average molecular weight is 259 g/mol. The van der Waals surface area contributed by atoms with Gasteiger partial charge in [-0.2, -0.15) is 0 Å². The van der Waals surface area contributed by atoms with E-state index in [1.807, 2.05) is 30.1 Å². The molecular weight excluding hydrogens is 241 g/mol. The summed E-state index contributed by atoms with van der Waals surface area (Å²) in [6.07, 6.45) is 1.78. The van der Waals surface area contributed by atoms with Crippen LogP contribution in [-0.2, 0) is 19.6 Å². The van der Waals surface area contributed by atoms with Gasteiger partial charge in [-0.25, -0.2) is 4.39 Å². The van der Waals surface area contributed by atoms with E-state index in [0.717, 1.165) is 11.3 Å². The fourth-order valence-electron chi connectivity index (χ4n) is 1.92. The van der Waals surface area contributed by atoms with Crippen molar-refractivity contribution in [2.24, 2.45) is 5.73 Å². The first kappa shape index (κ1) is 13.6. The van der Waals surface area contributed by atoms with Crippen molar-refractivity contribution in [1.29, 1.82) is 0 Å². The third kappa shape index (κ3) is 3.84. The van der Waals surface area contributed by atoms with Crippen molar-refractivity contribution >= 4 is 0 Å². The van der Waals surface area contributed by atoms with Crippen molar-refractivity contribution in [3.63, 3.8) is 0 Å².